The number of H-pyrrole nitrogens is 5. The molecule has 15 heavy (non-hydrogen) atoms. The zero-order valence-corrected chi connectivity index (χ0v) is 7.76. The molecule has 0 aliphatic carbocycles. The van der Waals surface area contributed by atoms with Gasteiger partial charge in [0, 0.05) is 7.05 Å². The third-order valence-electron chi connectivity index (χ3n) is 2.34. The van der Waals surface area contributed by atoms with Crippen molar-refractivity contribution in [2.45, 2.75) is 0 Å². The van der Waals surface area contributed by atoms with Gasteiger partial charge in [0.05, 0.1) is 0 Å². The van der Waals surface area contributed by atoms with E-state index in [9.17, 15) is 9.59 Å². The molecule has 0 unspecified atom stereocenters. The van der Waals surface area contributed by atoms with Crippen molar-refractivity contribution in [3.8, 4) is 0 Å². The number of fused-ring (bicyclic) bond motifs is 2. The summed E-state index contributed by atoms with van der Waals surface area (Å²) in [5.41, 5.74) is 0.494. The minimum Gasteiger partial charge on any atom is -0.285 e. The van der Waals surface area contributed by atoms with Crippen molar-refractivity contribution < 1.29 is 0 Å². The second-order valence-electron chi connectivity index (χ2n) is 3.32. The number of benzene rings is 1. The molecular weight excluding hydrogens is 200 g/mol. The second-order valence-corrected chi connectivity index (χ2v) is 3.32. The average molecular weight is 208 g/mol. The average Bonchev–Trinajstić information content (AvgIpc) is 2.79. The molecule has 0 saturated carbocycles. The normalized spacial score (nSPS) is 11.5. The Kier molecular flexibility index (Phi) is 1.25. The molecule has 2 aromatic heterocycles. The van der Waals surface area contributed by atoms with Gasteiger partial charge in [-0.3, -0.25) is 30.0 Å². The lowest BCUT2D eigenvalue weighted by Gasteiger charge is -1.86. The lowest BCUT2D eigenvalue weighted by Crippen LogP contribution is -2.12. The van der Waals surface area contributed by atoms with E-state index >= 15 is 0 Å². The van der Waals surface area contributed by atoms with Gasteiger partial charge in [0.25, 0.3) is 0 Å². The van der Waals surface area contributed by atoms with Crippen molar-refractivity contribution in [1.29, 1.82) is 0 Å². The maximum atomic E-state index is 11.8. The smallest absolute Gasteiger partial charge is 0.233 e. The van der Waals surface area contributed by atoms with Gasteiger partial charge in [0.1, 0.15) is 22.1 Å². The molecule has 0 fully saturated rings. The quantitative estimate of drug-likeness (QED) is 0.334. The summed E-state index contributed by atoms with van der Waals surface area (Å²) in [5, 5.41) is 13.2. The van der Waals surface area contributed by atoms with Gasteiger partial charge in [-0.25, -0.2) is 10.0 Å². The number of aromatic amines is 5. The number of aryl methyl sites for hydroxylation is 1. The first kappa shape index (κ1) is 7.97. The van der Waals surface area contributed by atoms with Gasteiger partial charge in [0.15, 0.2) is 0 Å². The summed E-state index contributed by atoms with van der Waals surface area (Å²) in [7, 11) is 1.67. The Morgan fingerprint density at radius 1 is 0.867 bits per heavy atom. The first-order chi connectivity index (χ1) is 7.18. The Morgan fingerprint density at radius 3 is 1.80 bits per heavy atom. The third kappa shape index (κ3) is 0.848. The number of nitrogens with zero attached hydrogens (tertiary/aromatic N) is 1. The molecule has 0 saturated heterocycles. The largest absolute Gasteiger partial charge is 0.285 e. The molecule has 2 heterocycles. The standard InChI is InChI=1S/C7H8N6O2/c1-13-10-4-5(11-13)7(15)3-2(6(4)14)8-12-9-3/h8-12H,1H3. The van der Waals surface area contributed by atoms with Gasteiger partial charge in [0.2, 0.25) is 10.9 Å². The van der Waals surface area contributed by atoms with Gasteiger partial charge in [-0.2, -0.15) is 0 Å². The number of aromatic nitrogens is 6. The summed E-state index contributed by atoms with van der Waals surface area (Å²) in [5.74, 6) is 0. The molecule has 0 radical (unpaired) electrons. The van der Waals surface area contributed by atoms with Crippen LogP contribution in [0.25, 0.3) is 22.1 Å². The highest BCUT2D eigenvalue weighted by molar-refractivity contribution is 5.89. The van der Waals surface area contributed by atoms with E-state index in [-0.39, 0.29) is 32.9 Å². The predicted molar refractivity (Wildman–Crippen MR) is 53.5 cm³/mol. The van der Waals surface area contributed by atoms with E-state index in [4.69, 9.17) is 0 Å². The maximum absolute atomic E-state index is 11.8. The van der Waals surface area contributed by atoms with Crippen LogP contribution in [0.15, 0.2) is 9.59 Å². The van der Waals surface area contributed by atoms with Crippen molar-refractivity contribution in [1.82, 2.24) is 30.4 Å². The van der Waals surface area contributed by atoms with Crippen LogP contribution in [0.1, 0.15) is 0 Å². The van der Waals surface area contributed by atoms with Crippen molar-refractivity contribution in [2.24, 2.45) is 7.05 Å². The van der Waals surface area contributed by atoms with Crippen LogP contribution in [0.2, 0.25) is 0 Å². The molecule has 0 amide bonds. The van der Waals surface area contributed by atoms with Gasteiger partial charge >= 0.3 is 0 Å². The zero-order valence-electron chi connectivity index (χ0n) is 7.76. The first-order valence-electron chi connectivity index (χ1n) is 4.30. The van der Waals surface area contributed by atoms with Crippen LogP contribution in [0.5, 0.6) is 0 Å². The highest BCUT2D eigenvalue weighted by Gasteiger charge is 2.13. The summed E-state index contributed by atoms with van der Waals surface area (Å²) in [6.07, 6.45) is 0. The summed E-state index contributed by atoms with van der Waals surface area (Å²) in [4.78, 5) is 25.1. The van der Waals surface area contributed by atoms with Crippen molar-refractivity contribution in [2.75, 3.05) is 0 Å². The SMILES string of the molecule is Cn1[nH]c2c(=O)c3[nH][nH][nH]c3c(=O)c2[nH]1. The van der Waals surface area contributed by atoms with Crippen LogP contribution in [-0.4, -0.2) is 30.4 Å². The number of hydrogen-bond donors (Lipinski definition) is 5. The van der Waals surface area contributed by atoms with E-state index in [0.717, 1.165) is 0 Å². The van der Waals surface area contributed by atoms with E-state index in [1.807, 2.05) is 0 Å². The van der Waals surface area contributed by atoms with Crippen LogP contribution in [0.4, 0.5) is 0 Å². The number of rotatable bonds is 0. The van der Waals surface area contributed by atoms with E-state index in [1.165, 1.54) is 4.80 Å². The van der Waals surface area contributed by atoms with Crippen molar-refractivity contribution in [3.05, 3.63) is 20.4 Å². The maximum Gasteiger partial charge on any atom is 0.233 e. The molecule has 8 heteroatoms. The molecule has 0 aliphatic rings. The Balaban J connectivity index is 2.81. The Bertz CT molecular complexity index is 710. The van der Waals surface area contributed by atoms with Gasteiger partial charge in [-0.15, -0.1) is 0 Å². The van der Waals surface area contributed by atoms with Crippen LogP contribution in [0, 0.1) is 0 Å². The highest BCUT2D eigenvalue weighted by atomic mass is 16.1. The molecule has 0 spiro atoms. The molecule has 3 rings (SSSR count). The van der Waals surface area contributed by atoms with Crippen LogP contribution in [0.3, 0.4) is 0 Å². The minimum atomic E-state index is -0.256. The van der Waals surface area contributed by atoms with E-state index in [2.05, 4.69) is 25.6 Å². The van der Waals surface area contributed by atoms with Crippen LogP contribution in [-0.2, 0) is 7.05 Å². The van der Waals surface area contributed by atoms with Crippen molar-refractivity contribution >= 4 is 22.1 Å². The fourth-order valence-corrected chi connectivity index (χ4v) is 1.68. The molecular formula is C7H8N6O2. The zero-order chi connectivity index (χ0) is 10.6. The molecule has 0 aliphatic heterocycles. The minimum absolute atomic E-state index is 0.239. The molecule has 8 nitrogen and oxygen atoms in total. The van der Waals surface area contributed by atoms with E-state index in [1.54, 1.807) is 7.05 Å². The molecule has 5 N–H and O–H groups in total. The predicted octanol–water partition coefficient (Wildman–Crippen LogP) is -0.745. The molecule has 1 aromatic carbocycles. The van der Waals surface area contributed by atoms with E-state index < -0.39 is 0 Å². The summed E-state index contributed by atoms with van der Waals surface area (Å²) >= 11 is 0. The van der Waals surface area contributed by atoms with Crippen LogP contribution >= 0.6 is 0 Å². The summed E-state index contributed by atoms with van der Waals surface area (Å²) < 4.78 is 0. The van der Waals surface area contributed by atoms with Gasteiger partial charge in [-0.1, -0.05) is 0 Å². The third-order valence-corrected chi connectivity index (χ3v) is 2.34. The topological polar surface area (TPSA) is 118 Å². The van der Waals surface area contributed by atoms with Crippen molar-refractivity contribution in [3.63, 3.8) is 0 Å². The molecule has 0 atom stereocenters. The molecule has 78 valence electrons. The number of nitrogens with one attached hydrogen (secondary N) is 5. The van der Waals surface area contributed by atoms with E-state index in [0.29, 0.717) is 0 Å². The van der Waals surface area contributed by atoms with Crippen LogP contribution < -0.4 is 10.9 Å². The Labute approximate surface area is 80.9 Å². The monoisotopic (exact) mass is 208 g/mol. The molecule has 3 aromatic rings. The molecule has 0 bridgehead atoms. The summed E-state index contributed by atoms with van der Waals surface area (Å²) in [6.45, 7) is 0. The second kappa shape index (κ2) is 2.35. The van der Waals surface area contributed by atoms with Gasteiger partial charge in [-0.05, 0) is 0 Å². The fraction of sp³-hybridized carbons (Fsp3) is 0.143. The lowest BCUT2D eigenvalue weighted by atomic mass is 10.2. The fourth-order valence-electron chi connectivity index (χ4n) is 1.68. The highest BCUT2D eigenvalue weighted by Crippen LogP contribution is 2.03. The Hall–Kier alpha value is -2.38. The first-order valence-corrected chi connectivity index (χ1v) is 4.30. The Morgan fingerprint density at radius 2 is 1.33 bits per heavy atom. The number of hydrogen-bond acceptors (Lipinski definition) is 2. The van der Waals surface area contributed by atoms with Gasteiger partial charge < -0.3 is 0 Å². The lowest BCUT2D eigenvalue weighted by molar-refractivity contribution is 0.664. The summed E-state index contributed by atoms with van der Waals surface area (Å²) in [6, 6.07) is 0.